The topological polar surface area (TPSA) is 51.1 Å². The predicted molar refractivity (Wildman–Crippen MR) is 129 cm³/mol. The maximum Gasteiger partial charge on any atom is 0.224 e. The van der Waals surface area contributed by atoms with Crippen LogP contribution in [0.3, 0.4) is 0 Å². The number of aromatic nitrogens is 1. The van der Waals surface area contributed by atoms with Gasteiger partial charge < -0.3 is 9.88 Å². The van der Waals surface area contributed by atoms with Crippen LogP contribution in [0.1, 0.15) is 35.2 Å². The highest BCUT2D eigenvalue weighted by Gasteiger charge is 2.12. The smallest absolute Gasteiger partial charge is 0.224 e. The van der Waals surface area contributed by atoms with Crippen molar-refractivity contribution in [2.75, 3.05) is 5.32 Å². The molecule has 0 spiro atoms. The zero-order valence-corrected chi connectivity index (χ0v) is 17.9. The van der Waals surface area contributed by atoms with Gasteiger partial charge in [-0.1, -0.05) is 60.7 Å². The Balaban J connectivity index is 1.37. The Morgan fingerprint density at radius 3 is 2.19 bits per heavy atom. The number of nitrogens with zero attached hydrogens (tertiary/aromatic N) is 1. The highest BCUT2D eigenvalue weighted by atomic mass is 16.1. The van der Waals surface area contributed by atoms with E-state index in [1.54, 1.807) is 0 Å². The zero-order chi connectivity index (χ0) is 22.2. The minimum absolute atomic E-state index is 0.0278. The molecule has 0 aliphatic rings. The van der Waals surface area contributed by atoms with Crippen LogP contribution in [-0.4, -0.2) is 16.8 Å². The Hall–Kier alpha value is -3.92. The summed E-state index contributed by atoms with van der Waals surface area (Å²) in [5.41, 5.74) is 5.48. The quantitative estimate of drug-likeness (QED) is 0.254. The van der Waals surface area contributed by atoms with Gasteiger partial charge in [-0.05, 0) is 60.7 Å². The Morgan fingerprint density at radius 2 is 1.50 bits per heavy atom. The number of aryl methyl sites for hydroxylation is 1. The lowest BCUT2D eigenvalue weighted by Crippen LogP contribution is -2.11. The normalized spacial score (nSPS) is 10.6. The summed E-state index contributed by atoms with van der Waals surface area (Å²) in [6.07, 6.45) is 6.12. The highest BCUT2D eigenvalue weighted by Crippen LogP contribution is 2.27. The van der Waals surface area contributed by atoms with Gasteiger partial charge >= 0.3 is 0 Å². The van der Waals surface area contributed by atoms with Crippen LogP contribution in [0.5, 0.6) is 0 Å². The van der Waals surface area contributed by atoms with Gasteiger partial charge in [-0.25, -0.2) is 0 Å². The summed E-state index contributed by atoms with van der Waals surface area (Å²) in [6.45, 7) is 0. The van der Waals surface area contributed by atoms with Crippen LogP contribution in [0.15, 0.2) is 97.2 Å². The van der Waals surface area contributed by atoms with Crippen molar-refractivity contribution in [1.29, 1.82) is 0 Å². The van der Waals surface area contributed by atoms with Crippen molar-refractivity contribution in [3.05, 3.63) is 108 Å². The van der Waals surface area contributed by atoms with E-state index in [-0.39, 0.29) is 5.91 Å². The number of carbonyl (C=O) groups is 2. The van der Waals surface area contributed by atoms with Crippen molar-refractivity contribution in [2.45, 2.75) is 25.7 Å². The SMILES string of the molecule is O=Cc1ccn(-c2ccc(NC(=O)CCCCc3ccccc3)cc2)c1-c1ccccc1. The Kier molecular flexibility index (Phi) is 6.93. The van der Waals surface area contributed by atoms with E-state index in [9.17, 15) is 9.59 Å². The van der Waals surface area contributed by atoms with Crippen molar-refractivity contribution in [1.82, 2.24) is 4.57 Å². The zero-order valence-electron chi connectivity index (χ0n) is 17.9. The molecular formula is C28H26N2O2. The molecule has 0 aliphatic carbocycles. The van der Waals surface area contributed by atoms with Gasteiger partial charge in [0.25, 0.3) is 0 Å². The minimum atomic E-state index is 0.0278. The van der Waals surface area contributed by atoms with E-state index in [4.69, 9.17) is 0 Å². The van der Waals surface area contributed by atoms with Crippen molar-refractivity contribution >= 4 is 17.9 Å². The molecule has 1 N–H and O–H groups in total. The summed E-state index contributed by atoms with van der Waals surface area (Å²) in [5, 5.41) is 2.98. The van der Waals surface area contributed by atoms with E-state index in [2.05, 4.69) is 17.4 Å². The first-order valence-electron chi connectivity index (χ1n) is 10.9. The number of nitrogens with one attached hydrogen (secondary N) is 1. The van der Waals surface area contributed by atoms with Gasteiger partial charge in [0.2, 0.25) is 5.91 Å². The van der Waals surface area contributed by atoms with Crippen LogP contribution >= 0.6 is 0 Å². The number of unbranched alkanes of at least 4 members (excludes halogenated alkanes) is 1. The molecular weight excluding hydrogens is 396 g/mol. The van der Waals surface area contributed by atoms with Crippen molar-refractivity contribution in [3.63, 3.8) is 0 Å². The number of hydrogen-bond acceptors (Lipinski definition) is 2. The molecule has 1 amide bonds. The van der Waals surface area contributed by atoms with Gasteiger partial charge in [-0.2, -0.15) is 0 Å². The molecule has 4 rings (SSSR count). The lowest BCUT2D eigenvalue weighted by atomic mass is 10.1. The van der Waals surface area contributed by atoms with Gasteiger partial charge in [0.05, 0.1) is 5.69 Å². The first-order chi connectivity index (χ1) is 15.7. The van der Waals surface area contributed by atoms with Gasteiger partial charge in [-0.15, -0.1) is 0 Å². The highest BCUT2D eigenvalue weighted by molar-refractivity contribution is 5.91. The third-order valence-electron chi connectivity index (χ3n) is 5.48. The average molecular weight is 423 g/mol. The third-order valence-corrected chi connectivity index (χ3v) is 5.48. The molecule has 160 valence electrons. The number of benzene rings is 3. The summed E-state index contributed by atoms with van der Waals surface area (Å²) >= 11 is 0. The van der Waals surface area contributed by atoms with E-state index in [0.717, 1.165) is 48.2 Å². The van der Waals surface area contributed by atoms with Crippen LogP contribution in [0.4, 0.5) is 5.69 Å². The van der Waals surface area contributed by atoms with Gasteiger partial charge in [0, 0.05) is 29.6 Å². The lowest BCUT2D eigenvalue weighted by molar-refractivity contribution is -0.116. The summed E-state index contributed by atoms with van der Waals surface area (Å²) in [4.78, 5) is 23.9. The van der Waals surface area contributed by atoms with Crippen LogP contribution in [0.25, 0.3) is 16.9 Å². The Bertz CT molecular complexity index is 1160. The fraction of sp³-hybridized carbons (Fsp3) is 0.143. The van der Waals surface area contributed by atoms with E-state index >= 15 is 0 Å². The maximum atomic E-state index is 12.3. The molecule has 0 saturated carbocycles. The van der Waals surface area contributed by atoms with Crippen LogP contribution in [0, 0.1) is 0 Å². The monoisotopic (exact) mass is 422 g/mol. The van der Waals surface area contributed by atoms with E-state index in [1.807, 2.05) is 89.6 Å². The molecule has 1 heterocycles. The third kappa shape index (κ3) is 5.22. The van der Waals surface area contributed by atoms with Crippen LogP contribution in [0.2, 0.25) is 0 Å². The number of anilines is 1. The molecule has 0 atom stereocenters. The maximum absolute atomic E-state index is 12.3. The van der Waals surface area contributed by atoms with Gasteiger partial charge in [0.1, 0.15) is 0 Å². The fourth-order valence-electron chi connectivity index (χ4n) is 3.85. The van der Waals surface area contributed by atoms with Gasteiger partial charge in [0.15, 0.2) is 6.29 Å². The number of aldehydes is 1. The Morgan fingerprint density at radius 1 is 0.812 bits per heavy atom. The van der Waals surface area contributed by atoms with E-state index in [0.29, 0.717) is 12.0 Å². The fourth-order valence-corrected chi connectivity index (χ4v) is 3.85. The summed E-state index contributed by atoms with van der Waals surface area (Å²) in [7, 11) is 0. The molecule has 0 saturated heterocycles. The van der Waals surface area contributed by atoms with E-state index < -0.39 is 0 Å². The van der Waals surface area contributed by atoms with Gasteiger partial charge in [-0.3, -0.25) is 9.59 Å². The molecule has 3 aromatic carbocycles. The molecule has 4 aromatic rings. The number of amides is 1. The second-order valence-electron chi connectivity index (χ2n) is 7.76. The van der Waals surface area contributed by atoms with Crippen molar-refractivity contribution in [3.8, 4) is 16.9 Å². The molecule has 0 fully saturated rings. The summed E-state index contributed by atoms with van der Waals surface area (Å²) < 4.78 is 1.99. The molecule has 1 aromatic heterocycles. The standard InChI is InChI=1S/C28H26N2O2/c31-21-24-19-20-30(28(24)23-12-5-2-6-13-23)26-17-15-25(16-18-26)29-27(32)14-8-7-11-22-9-3-1-4-10-22/h1-6,9-10,12-13,15-21H,7-8,11,14H2,(H,29,32). The first-order valence-corrected chi connectivity index (χ1v) is 10.9. The van der Waals surface area contributed by atoms with Crippen molar-refractivity contribution < 1.29 is 9.59 Å². The largest absolute Gasteiger partial charge is 0.326 e. The van der Waals surface area contributed by atoms with Crippen LogP contribution in [-0.2, 0) is 11.2 Å². The molecule has 0 radical (unpaired) electrons. The summed E-state index contributed by atoms with van der Waals surface area (Å²) in [5.74, 6) is 0.0278. The molecule has 0 aliphatic heterocycles. The molecule has 0 unspecified atom stereocenters. The number of carbonyl (C=O) groups excluding carboxylic acids is 2. The first kappa shape index (κ1) is 21.3. The van der Waals surface area contributed by atoms with Crippen molar-refractivity contribution in [2.24, 2.45) is 0 Å². The number of rotatable bonds is 9. The molecule has 4 heteroatoms. The minimum Gasteiger partial charge on any atom is -0.326 e. The lowest BCUT2D eigenvalue weighted by Gasteiger charge is -2.12. The molecule has 4 nitrogen and oxygen atoms in total. The Labute approximate surface area is 188 Å². The van der Waals surface area contributed by atoms with Crippen LogP contribution < -0.4 is 5.32 Å². The second-order valence-corrected chi connectivity index (χ2v) is 7.76. The molecule has 0 bridgehead atoms. The predicted octanol–water partition coefficient (Wildman–Crippen LogP) is 6.31. The molecule has 32 heavy (non-hydrogen) atoms. The average Bonchev–Trinajstić information content (AvgIpc) is 3.28. The number of hydrogen-bond donors (Lipinski definition) is 1. The van der Waals surface area contributed by atoms with E-state index in [1.165, 1.54) is 5.56 Å². The summed E-state index contributed by atoms with van der Waals surface area (Å²) in [6, 6.07) is 29.7. The second kappa shape index (κ2) is 10.4.